The number of nitrogens with one attached hydrogen (secondary N) is 1. The summed E-state index contributed by atoms with van der Waals surface area (Å²) in [6.45, 7) is 0. The fourth-order valence-corrected chi connectivity index (χ4v) is 2.72. The number of likely N-dealkylation sites (N-methyl/N-ethyl adjacent to an activating group) is 1. The van der Waals surface area contributed by atoms with E-state index in [0.717, 1.165) is 25.7 Å². The Morgan fingerprint density at radius 2 is 1.86 bits per heavy atom. The number of para-hydroxylation sites is 2. The van der Waals surface area contributed by atoms with E-state index >= 15 is 0 Å². The predicted octanol–water partition coefficient (Wildman–Crippen LogP) is 2.42. The predicted molar refractivity (Wildman–Crippen MR) is 81.3 cm³/mol. The average molecular weight is 290 g/mol. The third-order valence-corrected chi connectivity index (χ3v) is 3.99. The maximum atomic E-state index is 12.2. The standard InChI is InChI=1S/C16H22N2O3/c1-18(12-8-4-3-5-9-12)16(20)15(19)17-13-10-6-7-11-14(13)21-2/h6-7,10-12H,3-5,8-9H2,1-2H3,(H,17,19). The summed E-state index contributed by atoms with van der Waals surface area (Å²) < 4.78 is 5.16. The van der Waals surface area contributed by atoms with Gasteiger partial charge in [0.1, 0.15) is 5.75 Å². The summed E-state index contributed by atoms with van der Waals surface area (Å²) in [4.78, 5) is 25.9. The highest BCUT2D eigenvalue weighted by atomic mass is 16.5. The van der Waals surface area contributed by atoms with E-state index in [1.807, 2.05) is 6.07 Å². The van der Waals surface area contributed by atoms with Crippen molar-refractivity contribution >= 4 is 17.5 Å². The van der Waals surface area contributed by atoms with Crippen LogP contribution in [0, 0.1) is 0 Å². The van der Waals surface area contributed by atoms with E-state index in [-0.39, 0.29) is 6.04 Å². The summed E-state index contributed by atoms with van der Waals surface area (Å²) in [6, 6.07) is 7.22. The number of nitrogens with zero attached hydrogens (tertiary/aromatic N) is 1. The highest BCUT2D eigenvalue weighted by molar-refractivity contribution is 6.39. The van der Waals surface area contributed by atoms with E-state index in [9.17, 15) is 9.59 Å². The van der Waals surface area contributed by atoms with Crippen LogP contribution in [0.1, 0.15) is 32.1 Å². The number of carbonyl (C=O) groups is 2. The summed E-state index contributed by atoms with van der Waals surface area (Å²) in [6.07, 6.45) is 5.41. The number of ether oxygens (including phenoxy) is 1. The molecule has 0 radical (unpaired) electrons. The van der Waals surface area contributed by atoms with Gasteiger partial charge in [-0.1, -0.05) is 31.4 Å². The van der Waals surface area contributed by atoms with E-state index in [0.29, 0.717) is 11.4 Å². The first-order valence-electron chi connectivity index (χ1n) is 7.34. The van der Waals surface area contributed by atoms with Crippen LogP contribution in [0.25, 0.3) is 0 Å². The molecule has 0 unspecified atom stereocenters. The molecule has 0 aromatic heterocycles. The van der Waals surface area contributed by atoms with Crippen molar-refractivity contribution in [1.29, 1.82) is 0 Å². The topological polar surface area (TPSA) is 58.6 Å². The van der Waals surface area contributed by atoms with Gasteiger partial charge in [0.25, 0.3) is 0 Å². The SMILES string of the molecule is COc1ccccc1NC(=O)C(=O)N(C)C1CCCCC1. The Balaban J connectivity index is 2.00. The first-order valence-corrected chi connectivity index (χ1v) is 7.34. The van der Waals surface area contributed by atoms with Gasteiger partial charge in [-0.05, 0) is 25.0 Å². The third-order valence-electron chi connectivity index (χ3n) is 3.99. The van der Waals surface area contributed by atoms with Gasteiger partial charge in [-0.25, -0.2) is 0 Å². The Labute approximate surface area is 125 Å². The van der Waals surface area contributed by atoms with Crippen LogP contribution in [0.3, 0.4) is 0 Å². The molecule has 1 saturated carbocycles. The highest BCUT2D eigenvalue weighted by Gasteiger charge is 2.27. The second-order valence-electron chi connectivity index (χ2n) is 5.36. The number of hydrogen-bond acceptors (Lipinski definition) is 3. The second-order valence-corrected chi connectivity index (χ2v) is 5.36. The maximum absolute atomic E-state index is 12.2. The fourth-order valence-electron chi connectivity index (χ4n) is 2.72. The molecule has 1 fully saturated rings. The summed E-state index contributed by atoms with van der Waals surface area (Å²) in [5, 5.41) is 2.63. The Bertz CT molecular complexity index is 510. The molecule has 0 aliphatic heterocycles. The van der Waals surface area contributed by atoms with Crippen molar-refractivity contribution in [2.24, 2.45) is 0 Å². The molecular weight excluding hydrogens is 268 g/mol. The van der Waals surface area contributed by atoms with Crippen molar-refractivity contribution in [2.45, 2.75) is 38.1 Å². The summed E-state index contributed by atoms with van der Waals surface area (Å²) in [5.41, 5.74) is 0.510. The number of carbonyl (C=O) groups excluding carboxylic acids is 2. The van der Waals surface area contributed by atoms with Crippen molar-refractivity contribution in [3.8, 4) is 5.75 Å². The van der Waals surface area contributed by atoms with Gasteiger partial charge in [-0.2, -0.15) is 0 Å². The first-order chi connectivity index (χ1) is 10.1. The lowest BCUT2D eigenvalue weighted by atomic mass is 9.94. The largest absolute Gasteiger partial charge is 0.495 e. The molecule has 114 valence electrons. The van der Waals surface area contributed by atoms with Gasteiger partial charge in [0.15, 0.2) is 0 Å². The van der Waals surface area contributed by atoms with Gasteiger partial charge in [-0.15, -0.1) is 0 Å². The van der Waals surface area contributed by atoms with Gasteiger partial charge in [0, 0.05) is 13.1 Å². The Kier molecular flexibility index (Phi) is 5.20. The minimum atomic E-state index is -0.618. The molecule has 0 spiro atoms. The quantitative estimate of drug-likeness (QED) is 0.870. The zero-order valence-electron chi connectivity index (χ0n) is 12.6. The molecule has 2 amide bonds. The van der Waals surface area contributed by atoms with Crippen molar-refractivity contribution in [3.63, 3.8) is 0 Å². The molecule has 1 N–H and O–H groups in total. The van der Waals surface area contributed by atoms with Gasteiger partial charge in [0.05, 0.1) is 12.8 Å². The van der Waals surface area contributed by atoms with E-state index in [4.69, 9.17) is 4.74 Å². The van der Waals surface area contributed by atoms with Gasteiger partial charge in [-0.3, -0.25) is 9.59 Å². The number of methoxy groups -OCH3 is 1. The van der Waals surface area contributed by atoms with Gasteiger partial charge < -0.3 is 15.0 Å². The monoisotopic (exact) mass is 290 g/mol. The molecule has 0 saturated heterocycles. The van der Waals surface area contributed by atoms with Crippen LogP contribution in [-0.2, 0) is 9.59 Å². The molecule has 21 heavy (non-hydrogen) atoms. The van der Waals surface area contributed by atoms with Crippen LogP contribution >= 0.6 is 0 Å². The van der Waals surface area contributed by atoms with E-state index < -0.39 is 11.8 Å². The lowest BCUT2D eigenvalue weighted by Crippen LogP contribution is -2.44. The van der Waals surface area contributed by atoms with Crippen molar-refractivity contribution in [1.82, 2.24) is 4.90 Å². The molecular formula is C16H22N2O3. The molecule has 2 rings (SSSR count). The van der Waals surface area contributed by atoms with E-state index in [1.54, 1.807) is 30.1 Å². The molecule has 1 aliphatic carbocycles. The van der Waals surface area contributed by atoms with Gasteiger partial charge in [0.2, 0.25) is 0 Å². The van der Waals surface area contributed by atoms with Crippen LogP contribution in [0.15, 0.2) is 24.3 Å². The summed E-state index contributed by atoms with van der Waals surface area (Å²) in [5.74, 6) is -0.570. The summed E-state index contributed by atoms with van der Waals surface area (Å²) in [7, 11) is 3.24. The average Bonchev–Trinajstić information content (AvgIpc) is 2.54. The first kappa shape index (κ1) is 15.4. The lowest BCUT2D eigenvalue weighted by Gasteiger charge is -2.30. The zero-order chi connectivity index (χ0) is 15.2. The lowest BCUT2D eigenvalue weighted by molar-refractivity contribution is -0.144. The summed E-state index contributed by atoms with van der Waals surface area (Å²) >= 11 is 0. The maximum Gasteiger partial charge on any atom is 0.314 e. The van der Waals surface area contributed by atoms with E-state index in [1.165, 1.54) is 13.5 Å². The van der Waals surface area contributed by atoms with Crippen LogP contribution in [0.2, 0.25) is 0 Å². The number of anilines is 1. The molecule has 1 aromatic rings. The minimum absolute atomic E-state index is 0.176. The van der Waals surface area contributed by atoms with Crippen molar-refractivity contribution < 1.29 is 14.3 Å². The van der Waals surface area contributed by atoms with Gasteiger partial charge >= 0.3 is 11.8 Å². The number of hydrogen-bond donors (Lipinski definition) is 1. The molecule has 0 heterocycles. The molecule has 0 bridgehead atoms. The molecule has 5 heteroatoms. The fraction of sp³-hybridized carbons (Fsp3) is 0.500. The third kappa shape index (κ3) is 3.74. The van der Waals surface area contributed by atoms with Crippen molar-refractivity contribution in [2.75, 3.05) is 19.5 Å². The normalized spacial score (nSPS) is 15.3. The molecule has 5 nitrogen and oxygen atoms in total. The van der Waals surface area contributed by atoms with Crippen molar-refractivity contribution in [3.05, 3.63) is 24.3 Å². The van der Waals surface area contributed by atoms with Crippen LogP contribution in [0.4, 0.5) is 5.69 Å². The molecule has 0 atom stereocenters. The highest BCUT2D eigenvalue weighted by Crippen LogP contribution is 2.24. The minimum Gasteiger partial charge on any atom is -0.495 e. The number of rotatable bonds is 3. The number of benzene rings is 1. The number of amides is 2. The molecule has 1 aliphatic rings. The van der Waals surface area contributed by atoms with E-state index in [2.05, 4.69) is 5.32 Å². The Morgan fingerprint density at radius 3 is 2.52 bits per heavy atom. The second kappa shape index (κ2) is 7.11. The smallest absolute Gasteiger partial charge is 0.314 e. The molecule has 1 aromatic carbocycles. The van der Waals surface area contributed by atoms with Crippen LogP contribution in [0.5, 0.6) is 5.75 Å². The van der Waals surface area contributed by atoms with Crippen LogP contribution < -0.4 is 10.1 Å². The van der Waals surface area contributed by atoms with Crippen LogP contribution in [-0.4, -0.2) is 36.9 Å². The Morgan fingerprint density at radius 1 is 1.19 bits per heavy atom. The Hall–Kier alpha value is -2.04. The zero-order valence-corrected chi connectivity index (χ0v) is 12.6.